The van der Waals surface area contributed by atoms with E-state index in [1.54, 1.807) is 0 Å². The Hall–Kier alpha value is -0.880. The Kier molecular flexibility index (Phi) is 5.81. The zero-order valence-electron chi connectivity index (χ0n) is 12.0. The van der Waals surface area contributed by atoms with Crippen molar-refractivity contribution < 1.29 is 4.79 Å². The highest BCUT2D eigenvalue weighted by molar-refractivity contribution is 14.1. The number of amides is 1. The van der Waals surface area contributed by atoms with Gasteiger partial charge in [-0.05, 0) is 70.8 Å². The van der Waals surface area contributed by atoms with Crippen LogP contribution in [0, 0.1) is 3.57 Å². The Labute approximate surface area is 147 Å². The van der Waals surface area contributed by atoms with Gasteiger partial charge < -0.3 is 5.32 Å². The van der Waals surface area contributed by atoms with Crippen LogP contribution in [0.15, 0.2) is 46.9 Å². The van der Waals surface area contributed by atoms with Gasteiger partial charge in [0.1, 0.15) is 0 Å². The zero-order valence-corrected chi connectivity index (χ0v) is 15.7. The number of benzene rings is 2. The van der Waals surface area contributed by atoms with E-state index < -0.39 is 0 Å². The van der Waals surface area contributed by atoms with Crippen LogP contribution in [0.3, 0.4) is 0 Å². The number of carbonyl (C=O) groups excluding carboxylic acids is 1. The summed E-state index contributed by atoms with van der Waals surface area (Å²) in [5.41, 5.74) is 2.80. The predicted octanol–water partition coefficient (Wildman–Crippen LogP) is 5.82. The molecule has 0 heterocycles. The number of carbonyl (C=O) groups is 1. The first-order chi connectivity index (χ1) is 10.0. The Morgan fingerprint density at radius 1 is 1.24 bits per heavy atom. The maximum atomic E-state index is 12.3. The van der Waals surface area contributed by atoms with Gasteiger partial charge >= 0.3 is 0 Å². The molecule has 0 aliphatic heterocycles. The van der Waals surface area contributed by atoms with E-state index in [0.29, 0.717) is 11.5 Å². The molecule has 1 unspecified atom stereocenters. The van der Waals surface area contributed by atoms with Crippen molar-refractivity contribution in [1.82, 2.24) is 0 Å². The molecule has 2 aromatic rings. The molecule has 0 bridgehead atoms. The SMILES string of the molecule is CCC(C)c1ccc(NC(=O)c2cc(Br)ccc2I)cc1. The van der Waals surface area contributed by atoms with Gasteiger partial charge in [-0.2, -0.15) is 0 Å². The van der Waals surface area contributed by atoms with Gasteiger partial charge in [0.25, 0.3) is 5.91 Å². The zero-order chi connectivity index (χ0) is 15.4. The summed E-state index contributed by atoms with van der Waals surface area (Å²) in [5, 5.41) is 2.95. The van der Waals surface area contributed by atoms with E-state index in [2.05, 4.69) is 69.8 Å². The summed E-state index contributed by atoms with van der Waals surface area (Å²) in [6.07, 6.45) is 1.11. The summed E-state index contributed by atoms with van der Waals surface area (Å²) in [4.78, 5) is 12.3. The normalized spacial score (nSPS) is 12.0. The first-order valence-corrected chi connectivity index (χ1v) is 8.74. The van der Waals surface area contributed by atoms with Crippen molar-refractivity contribution in [1.29, 1.82) is 0 Å². The molecule has 0 aliphatic carbocycles. The lowest BCUT2D eigenvalue weighted by Crippen LogP contribution is -2.13. The first-order valence-electron chi connectivity index (χ1n) is 6.87. The Morgan fingerprint density at radius 3 is 2.52 bits per heavy atom. The molecule has 4 heteroatoms. The molecule has 0 radical (unpaired) electrons. The fraction of sp³-hybridized carbons (Fsp3) is 0.235. The van der Waals surface area contributed by atoms with Crippen LogP contribution in [0.4, 0.5) is 5.69 Å². The smallest absolute Gasteiger partial charge is 0.256 e. The van der Waals surface area contributed by atoms with E-state index in [1.165, 1.54) is 5.56 Å². The van der Waals surface area contributed by atoms with Crippen molar-refractivity contribution in [3.8, 4) is 0 Å². The van der Waals surface area contributed by atoms with E-state index >= 15 is 0 Å². The summed E-state index contributed by atoms with van der Waals surface area (Å²) in [6.45, 7) is 4.38. The van der Waals surface area contributed by atoms with Crippen molar-refractivity contribution in [2.24, 2.45) is 0 Å². The molecule has 0 saturated carbocycles. The maximum absolute atomic E-state index is 12.3. The molecule has 1 atom stereocenters. The predicted molar refractivity (Wildman–Crippen MR) is 100.0 cm³/mol. The van der Waals surface area contributed by atoms with E-state index in [-0.39, 0.29) is 5.91 Å². The van der Waals surface area contributed by atoms with E-state index in [9.17, 15) is 4.79 Å². The lowest BCUT2D eigenvalue weighted by Gasteiger charge is -2.11. The molecule has 2 rings (SSSR count). The molecular formula is C17H17BrINO. The maximum Gasteiger partial charge on any atom is 0.256 e. The molecule has 0 aliphatic rings. The molecule has 2 aromatic carbocycles. The van der Waals surface area contributed by atoms with Gasteiger partial charge in [0, 0.05) is 13.7 Å². The van der Waals surface area contributed by atoms with Crippen molar-refractivity contribution in [3.63, 3.8) is 0 Å². The minimum absolute atomic E-state index is 0.0861. The molecule has 0 spiro atoms. The second kappa shape index (κ2) is 7.40. The standard InChI is InChI=1S/C17H17BrINO/c1-3-11(2)12-4-7-14(8-5-12)20-17(21)15-10-13(18)6-9-16(15)19/h4-11H,3H2,1-2H3,(H,20,21). The molecule has 0 saturated heterocycles. The Balaban J connectivity index is 2.14. The minimum Gasteiger partial charge on any atom is -0.322 e. The number of hydrogen-bond acceptors (Lipinski definition) is 1. The fourth-order valence-corrected chi connectivity index (χ4v) is 2.94. The minimum atomic E-state index is -0.0861. The highest BCUT2D eigenvalue weighted by atomic mass is 127. The van der Waals surface area contributed by atoms with Crippen molar-refractivity contribution in [2.45, 2.75) is 26.2 Å². The van der Waals surface area contributed by atoms with Crippen LogP contribution >= 0.6 is 38.5 Å². The topological polar surface area (TPSA) is 29.1 Å². The van der Waals surface area contributed by atoms with Crippen LogP contribution in [0.2, 0.25) is 0 Å². The van der Waals surface area contributed by atoms with Gasteiger partial charge in [0.05, 0.1) is 5.56 Å². The first kappa shape index (κ1) is 16.5. The number of nitrogens with one attached hydrogen (secondary N) is 1. The third-order valence-corrected chi connectivity index (χ3v) is 4.96. The van der Waals surface area contributed by atoms with E-state index in [1.807, 2.05) is 30.3 Å². The lowest BCUT2D eigenvalue weighted by atomic mass is 9.98. The number of hydrogen-bond donors (Lipinski definition) is 1. The van der Waals surface area contributed by atoms with E-state index in [0.717, 1.165) is 20.2 Å². The molecule has 110 valence electrons. The number of anilines is 1. The summed E-state index contributed by atoms with van der Waals surface area (Å²) in [6, 6.07) is 13.8. The highest BCUT2D eigenvalue weighted by Gasteiger charge is 2.11. The third kappa shape index (κ3) is 4.30. The quantitative estimate of drug-likeness (QED) is 0.576. The largest absolute Gasteiger partial charge is 0.322 e. The van der Waals surface area contributed by atoms with Crippen LogP contribution in [0.5, 0.6) is 0 Å². The summed E-state index contributed by atoms with van der Waals surface area (Å²) in [7, 11) is 0. The fourth-order valence-electron chi connectivity index (χ4n) is 2.00. The molecular weight excluding hydrogens is 441 g/mol. The number of rotatable bonds is 4. The van der Waals surface area contributed by atoms with Gasteiger partial charge in [-0.1, -0.05) is 41.9 Å². The van der Waals surface area contributed by atoms with Crippen molar-refractivity contribution in [3.05, 3.63) is 61.6 Å². The average Bonchev–Trinajstić information content (AvgIpc) is 2.49. The highest BCUT2D eigenvalue weighted by Crippen LogP contribution is 2.22. The van der Waals surface area contributed by atoms with Crippen molar-refractivity contribution in [2.75, 3.05) is 5.32 Å². The second-order valence-electron chi connectivity index (χ2n) is 5.01. The van der Waals surface area contributed by atoms with Gasteiger partial charge in [-0.3, -0.25) is 4.79 Å². The van der Waals surface area contributed by atoms with Crippen LogP contribution in [-0.4, -0.2) is 5.91 Å². The van der Waals surface area contributed by atoms with Crippen LogP contribution in [-0.2, 0) is 0 Å². The molecule has 1 N–H and O–H groups in total. The van der Waals surface area contributed by atoms with Gasteiger partial charge in [0.15, 0.2) is 0 Å². The summed E-state index contributed by atoms with van der Waals surface area (Å²) >= 11 is 5.57. The molecule has 0 aromatic heterocycles. The summed E-state index contributed by atoms with van der Waals surface area (Å²) in [5.74, 6) is 0.456. The average molecular weight is 458 g/mol. The molecule has 21 heavy (non-hydrogen) atoms. The number of halogens is 2. The molecule has 2 nitrogen and oxygen atoms in total. The lowest BCUT2D eigenvalue weighted by molar-refractivity contribution is 0.102. The van der Waals surface area contributed by atoms with Gasteiger partial charge in [0.2, 0.25) is 0 Å². The third-order valence-electron chi connectivity index (χ3n) is 3.52. The Bertz CT molecular complexity index is 640. The van der Waals surface area contributed by atoms with Gasteiger partial charge in [-0.25, -0.2) is 0 Å². The van der Waals surface area contributed by atoms with E-state index in [4.69, 9.17) is 0 Å². The van der Waals surface area contributed by atoms with Crippen LogP contribution in [0.25, 0.3) is 0 Å². The second-order valence-corrected chi connectivity index (χ2v) is 7.09. The Morgan fingerprint density at radius 2 is 1.90 bits per heavy atom. The van der Waals surface area contributed by atoms with Crippen LogP contribution in [0.1, 0.15) is 42.1 Å². The summed E-state index contributed by atoms with van der Waals surface area (Å²) < 4.78 is 1.84. The van der Waals surface area contributed by atoms with Gasteiger partial charge in [-0.15, -0.1) is 0 Å². The molecule has 1 amide bonds. The van der Waals surface area contributed by atoms with Crippen LogP contribution < -0.4 is 5.32 Å². The monoisotopic (exact) mass is 457 g/mol. The van der Waals surface area contributed by atoms with Crippen molar-refractivity contribution >= 4 is 50.1 Å². The molecule has 0 fully saturated rings.